The molecule has 0 aliphatic heterocycles. The van der Waals surface area contributed by atoms with Crippen molar-refractivity contribution in [2.75, 3.05) is 19.0 Å². The smallest absolute Gasteiger partial charge is 0.308 e. The number of esters is 1. The number of allylic oxidation sites excluding steroid dienone is 4. The number of anilines is 1. The largest absolute Gasteiger partial charge is 0.460 e. The molecule has 1 aromatic heterocycles. The maximum Gasteiger partial charge on any atom is 0.308 e. The van der Waals surface area contributed by atoms with Crippen molar-refractivity contribution < 1.29 is 14.2 Å². The number of carbonyl (C=O) groups excluding carboxylic acids is 1. The van der Waals surface area contributed by atoms with E-state index in [1.807, 2.05) is 45.0 Å². The molecular formula is C23H30BN3O3. The molecule has 0 aliphatic rings. The van der Waals surface area contributed by atoms with Gasteiger partial charge in [-0.05, 0) is 39.3 Å². The molecular weight excluding hydrogens is 377 g/mol. The van der Waals surface area contributed by atoms with Crippen molar-refractivity contribution in [3.8, 4) is 0 Å². The molecule has 1 heterocycles. The standard InChI is InChI=1S/C23H30BN3O3/c1-7-10-16(8-2)21-22(25-14-9-11-20(28)30-23(3,4)5)27-19-15-17(24-29-6)12-13-18(19)26-21/h7-8,10,12-13,15,24H,1-2,9,11,14H2,3-6H3,(H,25,27)/b16-10+. The maximum absolute atomic E-state index is 11.9. The third kappa shape index (κ3) is 6.85. The molecule has 7 heteroatoms. The summed E-state index contributed by atoms with van der Waals surface area (Å²) in [4.78, 5) is 21.5. The topological polar surface area (TPSA) is 73.3 Å². The Balaban J connectivity index is 2.25. The van der Waals surface area contributed by atoms with Crippen LogP contribution in [0.15, 0.2) is 49.6 Å². The molecule has 2 aromatic rings. The molecule has 0 atom stereocenters. The maximum atomic E-state index is 11.9. The highest BCUT2D eigenvalue weighted by atomic mass is 16.6. The van der Waals surface area contributed by atoms with Crippen LogP contribution in [0.5, 0.6) is 0 Å². The van der Waals surface area contributed by atoms with Crippen molar-refractivity contribution in [1.29, 1.82) is 0 Å². The van der Waals surface area contributed by atoms with E-state index in [4.69, 9.17) is 19.4 Å². The van der Waals surface area contributed by atoms with E-state index in [2.05, 4.69) is 18.5 Å². The summed E-state index contributed by atoms with van der Waals surface area (Å²) >= 11 is 0. The zero-order valence-electron chi connectivity index (χ0n) is 18.3. The summed E-state index contributed by atoms with van der Waals surface area (Å²) in [6, 6.07) is 5.87. The van der Waals surface area contributed by atoms with Crippen molar-refractivity contribution in [3.05, 3.63) is 55.3 Å². The summed E-state index contributed by atoms with van der Waals surface area (Å²) in [6.07, 6.45) is 6.20. The molecule has 158 valence electrons. The first-order valence-electron chi connectivity index (χ1n) is 9.98. The summed E-state index contributed by atoms with van der Waals surface area (Å²) < 4.78 is 10.6. The lowest BCUT2D eigenvalue weighted by Gasteiger charge is -2.19. The van der Waals surface area contributed by atoms with Gasteiger partial charge in [0.25, 0.3) is 0 Å². The minimum Gasteiger partial charge on any atom is -0.460 e. The van der Waals surface area contributed by atoms with Crippen LogP contribution in [-0.2, 0) is 14.2 Å². The van der Waals surface area contributed by atoms with E-state index in [1.54, 1.807) is 19.3 Å². The minimum absolute atomic E-state index is 0.211. The van der Waals surface area contributed by atoms with E-state index < -0.39 is 5.60 Å². The highest BCUT2D eigenvalue weighted by Crippen LogP contribution is 2.24. The lowest BCUT2D eigenvalue weighted by atomic mass is 9.88. The second kappa shape index (κ2) is 10.7. The van der Waals surface area contributed by atoms with Crippen LogP contribution in [0.4, 0.5) is 5.82 Å². The van der Waals surface area contributed by atoms with Gasteiger partial charge in [0.2, 0.25) is 0 Å². The Morgan fingerprint density at radius 3 is 2.63 bits per heavy atom. The van der Waals surface area contributed by atoms with Crippen molar-refractivity contribution >= 4 is 41.3 Å². The molecule has 6 nitrogen and oxygen atoms in total. The number of fused-ring (bicyclic) bond motifs is 1. The van der Waals surface area contributed by atoms with Gasteiger partial charge in [0.05, 0.1) is 11.0 Å². The van der Waals surface area contributed by atoms with Gasteiger partial charge in [0.1, 0.15) is 11.3 Å². The quantitative estimate of drug-likeness (QED) is 0.281. The van der Waals surface area contributed by atoms with Gasteiger partial charge in [-0.3, -0.25) is 4.79 Å². The molecule has 0 unspecified atom stereocenters. The molecule has 0 saturated carbocycles. The molecule has 0 bridgehead atoms. The number of nitrogens with zero attached hydrogens (tertiary/aromatic N) is 2. The number of aromatic nitrogens is 2. The van der Waals surface area contributed by atoms with Crippen molar-refractivity contribution in [2.45, 2.75) is 39.2 Å². The number of carbonyl (C=O) groups is 1. The molecule has 0 saturated heterocycles. The van der Waals surface area contributed by atoms with Crippen LogP contribution >= 0.6 is 0 Å². The molecule has 30 heavy (non-hydrogen) atoms. The van der Waals surface area contributed by atoms with Gasteiger partial charge >= 0.3 is 13.5 Å². The Morgan fingerprint density at radius 2 is 2.00 bits per heavy atom. The molecule has 2 rings (SSSR count). The number of nitrogens with one attached hydrogen (secondary N) is 1. The van der Waals surface area contributed by atoms with E-state index in [9.17, 15) is 4.79 Å². The van der Waals surface area contributed by atoms with Crippen LogP contribution in [-0.4, -0.2) is 42.7 Å². The molecule has 1 N–H and O–H groups in total. The highest BCUT2D eigenvalue weighted by molar-refractivity contribution is 6.47. The summed E-state index contributed by atoms with van der Waals surface area (Å²) in [7, 11) is 2.17. The molecule has 0 amide bonds. The summed E-state index contributed by atoms with van der Waals surface area (Å²) in [5.41, 5.74) is 3.60. The first kappa shape index (κ1) is 23.4. The van der Waals surface area contributed by atoms with E-state index in [0.29, 0.717) is 38.4 Å². The number of ether oxygens (including phenoxy) is 1. The average molecular weight is 407 g/mol. The monoisotopic (exact) mass is 407 g/mol. The predicted molar refractivity (Wildman–Crippen MR) is 125 cm³/mol. The van der Waals surface area contributed by atoms with Gasteiger partial charge in [0.15, 0.2) is 5.82 Å². The van der Waals surface area contributed by atoms with Gasteiger partial charge in [-0.1, -0.05) is 42.9 Å². The van der Waals surface area contributed by atoms with Gasteiger partial charge in [-0.2, -0.15) is 0 Å². The first-order chi connectivity index (χ1) is 14.3. The first-order valence-corrected chi connectivity index (χ1v) is 9.98. The van der Waals surface area contributed by atoms with Gasteiger partial charge in [-0.25, -0.2) is 9.97 Å². The molecule has 0 spiro atoms. The van der Waals surface area contributed by atoms with Crippen LogP contribution in [0.2, 0.25) is 0 Å². The Morgan fingerprint density at radius 1 is 1.23 bits per heavy atom. The van der Waals surface area contributed by atoms with Crippen LogP contribution in [0, 0.1) is 0 Å². The second-order valence-electron chi connectivity index (χ2n) is 7.86. The Labute approximate surface area is 179 Å². The third-order valence-corrected chi connectivity index (χ3v) is 4.10. The zero-order valence-corrected chi connectivity index (χ0v) is 18.3. The number of benzene rings is 1. The Kier molecular flexibility index (Phi) is 8.36. The Bertz CT molecular complexity index is 949. The predicted octanol–water partition coefficient (Wildman–Crippen LogP) is 3.54. The van der Waals surface area contributed by atoms with Crippen molar-refractivity contribution in [2.24, 2.45) is 0 Å². The van der Waals surface area contributed by atoms with E-state index in [0.717, 1.165) is 22.1 Å². The van der Waals surface area contributed by atoms with Gasteiger partial charge in [0, 0.05) is 25.6 Å². The fourth-order valence-electron chi connectivity index (χ4n) is 2.88. The molecule has 1 aromatic carbocycles. The van der Waals surface area contributed by atoms with E-state index in [1.165, 1.54) is 0 Å². The average Bonchev–Trinajstić information content (AvgIpc) is 2.68. The molecule has 0 aliphatic carbocycles. The van der Waals surface area contributed by atoms with Crippen molar-refractivity contribution in [1.82, 2.24) is 9.97 Å². The zero-order chi connectivity index (χ0) is 22.1. The third-order valence-electron chi connectivity index (χ3n) is 4.10. The number of hydrogen-bond donors (Lipinski definition) is 1. The molecule has 0 radical (unpaired) electrons. The highest BCUT2D eigenvalue weighted by Gasteiger charge is 2.16. The molecule has 0 fully saturated rings. The second-order valence-corrected chi connectivity index (χ2v) is 7.86. The van der Waals surface area contributed by atoms with Crippen LogP contribution in [0.1, 0.15) is 39.3 Å². The fraction of sp³-hybridized carbons (Fsp3) is 0.348. The van der Waals surface area contributed by atoms with E-state index >= 15 is 0 Å². The van der Waals surface area contributed by atoms with Gasteiger partial charge in [-0.15, -0.1) is 0 Å². The summed E-state index contributed by atoms with van der Waals surface area (Å²) in [5.74, 6) is 0.422. The summed E-state index contributed by atoms with van der Waals surface area (Å²) in [6.45, 7) is 13.8. The Hall–Kier alpha value is -2.93. The van der Waals surface area contributed by atoms with Gasteiger partial charge < -0.3 is 14.7 Å². The lowest BCUT2D eigenvalue weighted by Crippen LogP contribution is -2.24. The van der Waals surface area contributed by atoms with Crippen LogP contribution < -0.4 is 10.8 Å². The summed E-state index contributed by atoms with van der Waals surface area (Å²) in [5, 5.41) is 3.31. The SMILES string of the molecule is C=C/C=C(\C=C)c1nc2ccc(BOC)cc2nc1NCCCC(=O)OC(C)(C)C. The van der Waals surface area contributed by atoms with Crippen LogP contribution in [0.25, 0.3) is 16.6 Å². The normalized spacial score (nSPS) is 11.8. The lowest BCUT2D eigenvalue weighted by molar-refractivity contribution is -0.154. The van der Waals surface area contributed by atoms with E-state index in [-0.39, 0.29) is 5.97 Å². The number of hydrogen-bond acceptors (Lipinski definition) is 6. The minimum atomic E-state index is -0.476. The van der Waals surface area contributed by atoms with Crippen molar-refractivity contribution in [3.63, 3.8) is 0 Å². The fourth-order valence-corrected chi connectivity index (χ4v) is 2.88. The number of rotatable bonds is 10. The van der Waals surface area contributed by atoms with Crippen LogP contribution in [0.3, 0.4) is 0 Å².